The summed E-state index contributed by atoms with van der Waals surface area (Å²) in [5.74, 6) is 0.440. The Morgan fingerprint density at radius 3 is 1.18 bits per heavy atom. The second-order valence-electron chi connectivity index (χ2n) is 8.15. The summed E-state index contributed by atoms with van der Waals surface area (Å²) in [6.45, 7) is 6.06. The highest BCUT2D eigenvalue weighted by molar-refractivity contribution is 5.76. The number of hydrogen-bond acceptors (Lipinski definition) is 2. The Hall–Kier alpha value is -1.06. The Labute approximate surface area is 175 Å². The average molecular weight is 397 g/mol. The van der Waals surface area contributed by atoms with Crippen LogP contribution in [0.3, 0.4) is 0 Å². The molecule has 0 aromatic carbocycles. The smallest absolute Gasteiger partial charge is 0.219 e. The van der Waals surface area contributed by atoms with Gasteiger partial charge in [0, 0.05) is 25.9 Å². The van der Waals surface area contributed by atoms with Crippen molar-refractivity contribution in [3.63, 3.8) is 0 Å². The molecule has 0 saturated carbocycles. The number of hydrogen-bond donors (Lipinski definition) is 2. The molecule has 0 aromatic rings. The summed E-state index contributed by atoms with van der Waals surface area (Å²) in [7, 11) is 0. The van der Waals surface area contributed by atoms with Gasteiger partial charge in [0.1, 0.15) is 0 Å². The number of nitrogens with one attached hydrogen (secondary N) is 2. The lowest BCUT2D eigenvalue weighted by Crippen LogP contribution is -2.24. The zero-order valence-corrected chi connectivity index (χ0v) is 19.0. The first-order valence-electron chi connectivity index (χ1n) is 12.2. The van der Waals surface area contributed by atoms with Crippen LogP contribution < -0.4 is 10.6 Å². The molecule has 2 N–H and O–H groups in total. The average Bonchev–Trinajstić information content (AvgIpc) is 2.69. The second kappa shape index (κ2) is 22.2. The monoisotopic (exact) mass is 396 g/mol. The zero-order chi connectivity index (χ0) is 20.7. The summed E-state index contributed by atoms with van der Waals surface area (Å²) in [5.41, 5.74) is 0. The molecule has 0 spiro atoms. The third-order valence-corrected chi connectivity index (χ3v) is 5.26. The minimum atomic E-state index is 0.220. The molecule has 0 aliphatic heterocycles. The molecule has 4 heteroatoms. The van der Waals surface area contributed by atoms with Gasteiger partial charge in [0.05, 0.1) is 0 Å². The van der Waals surface area contributed by atoms with Gasteiger partial charge < -0.3 is 10.6 Å². The van der Waals surface area contributed by atoms with E-state index >= 15 is 0 Å². The molecule has 0 heterocycles. The SMILES string of the molecule is CCCCCCCC(=O)NCCCCCCCCNC(=O)CCCCCCC. The summed E-state index contributed by atoms with van der Waals surface area (Å²) in [5, 5.41) is 6.08. The van der Waals surface area contributed by atoms with E-state index in [1.54, 1.807) is 0 Å². The maximum absolute atomic E-state index is 11.7. The summed E-state index contributed by atoms with van der Waals surface area (Å²) in [6, 6.07) is 0. The fourth-order valence-electron chi connectivity index (χ4n) is 3.37. The lowest BCUT2D eigenvalue weighted by Gasteiger charge is -2.06. The van der Waals surface area contributed by atoms with E-state index < -0.39 is 0 Å². The van der Waals surface area contributed by atoms with Crippen LogP contribution in [0.2, 0.25) is 0 Å². The van der Waals surface area contributed by atoms with Crippen LogP contribution in [0.1, 0.15) is 129 Å². The predicted octanol–water partition coefficient (Wildman–Crippen LogP) is 6.28. The molecule has 0 aliphatic carbocycles. The number of rotatable bonds is 21. The zero-order valence-electron chi connectivity index (χ0n) is 19.0. The first-order chi connectivity index (χ1) is 13.7. The molecule has 0 aliphatic rings. The van der Waals surface area contributed by atoms with Crippen molar-refractivity contribution in [1.29, 1.82) is 0 Å². The van der Waals surface area contributed by atoms with Gasteiger partial charge in [0.2, 0.25) is 11.8 Å². The van der Waals surface area contributed by atoms with Gasteiger partial charge in [-0.15, -0.1) is 0 Å². The highest BCUT2D eigenvalue weighted by Crippen LogP contribution is 2.07. The number of amides is 2. The first-order valence-corrected chi connectivity index (χ1v) is 12.2. The molecule has 166 valence electrons. The van der Waals surface area contributed by atoms with Crippen LogP contribution in [-0.2, 0) is 9.59 Å². The fourth-order valence-corrected chi connectivity index (χ4v) is 3.37. The van der Waals surface area contributed by atoms with Gasteiger partial charge in [0.15, 0.2) is 0 Å². The molecule has 4 nitrogen and oxygen atoms in total. The molecule has 0 rings (SSSR count). The predicted molar refractivity (Wildman–Crippen MR) is 120 cm³/mol. The molecule has 0 fully saturated rings. The summed E-state index contributed by atoms with van der Waals surface area (Å²) in [6.07, 6.45) is 20.3. The Morgan fingerprint density at radius 1 is 0.464 bits per heavy atom. The van der Waals surface area contributed by atoms with E-state index in [4.69, 9.17) is 0 Å². The van der Waals surface area contributed by atoms with E-state index in [1.807, 2.05) is 0 Å². The Morgan fingerprint density at radius 2 is 0.786 bits per heavy atom. The molecule has 0 aromatic heterocycles. The van der Waals surface area contributed by atoms with Crippen LogP contribution >= 0.6 is 0 Å². The van der Waals surface area contributed by atoms with E-state index in [9.17, 15) is 9.59 Å². The summed E-state index contributed by atoms with van der Waals surface area (Å²) < 4.78 is 0. The van der Waals surface area contributed by atoms with Gasteiger partial charge in [-0.05, 0) is 25.7 Å². The van der Waals surface area contributed by atoms with Crippen molar-refractivity contribution in [1.82, 2.24) is 10.6 Å². The molecule has 0 unspecified atom stereocenters. The van der Waals surface area contributed by atoms with Crippen molar-refractivity contribution in [2.24, 2.45) is 0 Å². The van der Waals surface area contributed by atoms with Gasteiger partial charge in [-0.25, -0.2) is 0 Å². The van der Waals surface area contributed by atoms with E-state index in [0.29, 0.717) is 12.8 Å². The van der Waals surface area contributed by atoms with Crippen LogP contribution in [0.15, 0.2) is 0 Å². The molecule has 2 amide bonds. The molecule has 0 bridgehead atoms. The Balaban J connectivity index is 3.22. The normalized spacial score (nSPS) is 10.8. The summed E-state index contributed by atoms with van der Waals surface area (Å²) in [4.78, 5) is 23.4. The highest BCUT2D eigenvalue weighted by Gasteiger charge is 2.01. The third-order valence-electron chi connectivity index (χ3n) is 5.26. The minimum Gasteiger partial charge on any atom is -0.356 e. The van der Waals surface area contributed by atoms with Crippen LogP contribution in [0, 0.1) is 0 Å². The maximum atomic E-state index is 11.7. The van der Waals surface area contributed by atoms with Gasteiger partial charge in [0.25, 0.3) is 0 Å². The van der Waals surface area contributed by atoms with Crippen molar-refractivity contribution in [2.45, 2.75) is 129 Å². The van der Waals surface area contributed by atoms with Gasteiger partial charge >= 0.3 is 0 Å². The van der Waals surface area contributed by atoms with Crippen LogP contribution in [0.5, 0.6) is 0 Å². The molecule has 28 heavy (non-hydrogen) atoms. The lowest BCUT2D eigenvalue weighted by atomic mass is 10.1. The Bertz CT molecular complexity index is 325. The van der Waals surface area contributed by atoms with Crippen molar-refractivity contribution in [3.05, 3.63) is 0 Å². The van der Waals surface area contributed by atoms with E-state index in [0.717, 1.165) is 38.8 Å². The van der Waals surface area contributed by atoms with Crippen LogP contribution in [-0.4, -0.2) is 24.9 Å². The molecular formula is C24H48N2O2. The van der Waals surface area contributed by atoms with Crippen LogP contribution in [0.25, 0.3) is 0 Å². The Kier molecular flexibility index (Phi) is 21.4. The molecule has 0 saturated heterocycles. The molecular weight excluding hydrogens is 348 g/mol. The van der Waals surface area contributed by atoms with Gasteiger partial charge in [-0.1, -0.05) is 90.9 Å². The largest absolute Gasteiger partial charge is 0.356 e. The van der Waals surface area contributed by atoms with E-state index in [1.165, 1.54) is 77.0 Å². The topological polar surface area (TPSA) is 58.2 Å². The van der Waals surface area contributed by atoms with Crippen LogP contribution in [0.4, 0.5) is 0 Å². The molecule has 0 radical (unpaired) electrons. The standard InChI is InChI=1S/C24H48N2O2/c1-3-5-7-11-15-19-23(27)25-21-17-13-9-10-14-18-22-26-24(28)20-16-12-8-6-4-2/h3-22H2,1-2H3,(H,25,27)(H,26,28). The lowest BCUT2D eigenvalue weighted by molar-refractivity contribution is -0.122. The van der Waals surface area contributed by atoms with Gasteiger partial charge in [-0.3, -0.25) is 9.59 Å². The first kappa shape index (κ1) is 26.9. The van der Waals surface area contributed by atoms with E-state index in [-0.39, 0.29) is 11.8 Å². The maximum Gasteiger partial charge on any atom is 0.219 e. The van der Waals surface area contributed by atoms with Crippen molar-refractivity contribution < 1.29 is 9.59 Å². The van der Waals surface area contributed by atoms with E-state index in [2.05, 4.69) is 24.5 Å². The molecule has 0 atom stereocenters. The van der Waals surface area contributed by atoms with Crippen molar-refractivity contribution >= 4 is 11.8 Å². The van der Waals surface area contributed by atoms with Crippen molar-refractivity contribution in [3.8, 4) is 0 Å². The quantitative estimate of drug-likeness (QED) is 0.224. The summed E-state index contributed by atoms with van der Waals surface area (Å²) >= 11 is 0. The number of unbranched alkanes of at least 4 members (excludes halogenated alkanes) is 13. The highest BCUT2D eigenvalue weighted by atomic mass is 16.2. The number of carbonyl (C=O) groups excluding carboxylic acids is 2. The minimum absolute atomic E-state index is 0.220. The fraction of sp³-hybridized carbons (Fsp3) is 0.917. The second-order valence-corrected chi connectivity index (χ2v) is 8.15. The van der Waals surface area contributed by atoms with Gasteiger partial charge in [-0.2, -0.15) is 0 Å². The van der Waals surface area contributed by atoms with Crippen molar-refractivity contribution in [2.75, 3.05) is 13.1 Å². The number of carbonyl (C=O) groups is 2. The third kappa shape index (κ3) is 21.2.